The Kier molecular flexibility index (Phi) is 7.03. The Morgan fingerprint density at radius 2 is 1.90 bits per heavy atom. The summed E-state index contributed by atoms with van der Waals surface area (Å²) < 4.78 is 0. The van der Waals surface area contributed by atoms with Gasteiger partial charge in [-0.2, -0.15) is 0 Å². The van der Waals surface area contributed by atoms with Gasteiger partial charge >= 0.3 is 0 Å². The van der Waals surface area contributed by atoms with Crippen LogP contribution in [0, 0.1) is 0 Å². The van der Waals surface area contributed by atoms with Crippen molar-refractivity contribution in [2.75, 3.05) is 26.2 Å². The average molecular weight is 297 g/mol. The van der Waals surface area contributed by atoms with Gasteiger partial charge in [0, 0.05) is 25.2 Å². The molecular formula is C16H25ClN2O. The molecule has 1 saturated heterocycles. The van der Waals surface area contributed by atoms with Crippen molar-refractivity contribution in [3.05, 3.63) is 35.4 Å². The van der Waals surface area contributed by atoms with E-state index in [1.165, 1.54) is 18.4 Å². The van der Waals surface area contributed by atoms with Crippen LogP contribution in [0.1, 0.15) is 48.5 Å². The van der Waals surface area contributed by atoms with Crippen molar-refractivity contribution in [1.82, 2.24) is 10.2 Å². The SMILES string of the molecule is CCN(CC)C(=O)c1ccc(C2CCCNC2)cc1.Cl. The number of benzene rings is 1. The van der Waals surface area contributed by atoms with Crippen LogP contribution in [0.2, 0.25) is 0 Å². The first-order valence-electron chi connectivity index (χ1n) is 7.36. The summed E-state index contributed by atoms with van der Waals surface area (Å²) in [5.41, 5.74) is 2.15. The zero-order chi connectivity index (χ0) is 13.7. The number of hydrogen-bond donors (Lipinski definition) is 1. The lowest BCUT2D eigenvalue weighted by Gasteiger charge is -2.23. The van der Waals surface area contributed by atoms with Crippen LogP contribution in [0.3, 0.4) is 0 Å². The number of rotatable bonds is 4. The van der Waals surface area contributed by atoms with E-state index in [9.17, 15) is 4.79 Å². The van der Waals surface area contributed by atoms with Crippen molar-refractivity contribution >= 4 is 18.3 Å². The third-order valence-electron chi connectivity index (χ3n) is 3.98. The molecule has 0 bridgehead atoms. The predicted molar refractivity (Wildman–Crippen MR) is 85.8 cm³/mol. The molecular weight excluding hydrogens is 272 g/mol. The summed E-state index contributed by atoms with van der Waals surface area (Å²) in [6.07, 6.45) is 2.49. The van der Waals surface area contributed by atoms with Gasteiger partial charge in [0.15, 0.2) is 0 Å². The molecule has 3 nitrogen and oxygen atoms in total. The molecule has 4 heteroatoms. The van der Waals surface area contributed by atoms with E-state index in [1.807, 2.05) is 30.9 Å². The molecule has 2 rings (SSSR count). The first-order chi connectivity index (χ1) is 9.26. The van der Waals surface area contributed by atoms with Crippen LogP contribution in [-0.4, -0.2) is 37.0 Å². The van der Waals surface area contributed by atoms with Gasteiger partial charge in [-0.25, -0.2) is 0 Å². The molecule has 1 aliphatic rings. The largest absolute Gasteiger partial charge is 0.339 e. The maximum Gasteiger partial charge on any atom is 0.253 e. The van der Waals surface area contributed by atoms with Crippen LogP contribution in [0.5, 0.6) is 0 Å². The minimum atomic E-state index is 0. The Morgan fingerprint density at radius 1 is 1.25 bits per heavy atom. The molecule has 1 heterocycles. The standard InChI is InChI=1S/C16H24N2O.ClH/c1-3-18(4-2)16(19)14-9-7-13(8-10-14)15-6-5-11-17-12-15;/h7-10,15,17H,3-6,11-12H2,1-2H3;1H. The lowest BCUT2D eigenvalue weighted by Crippen LogP contribution is -2.30. The molecule has 0 aromatic heterocycles. The molecule has 0 spiro atoms. The molecule has 1 aromatic rings. The van der Waals surface area contributed by atoms with Crippen LogP contribution < -0.4 is 5.32 Å². The van der Waals surface area contributed by atoms with Gasteiger partial charge < -0.3 is 10.2 Å². The number of carbonyl (C=O) groups excluding carboxylic acids is 1. The second kappa shape index (κ2) is 8.28. The summed E-state index contributed by atoms with van der Waals surface area (Å²) in [6.45, 7) is 7.76. The van der Waals surface area contributed by atoms with Gasteiger partial charge in [0.2, 0.25) is 0 Å². The third-order valence-corrected chi connectivity index (χ3v) is 3.98. The van der Waals surface area contributed by atoms with E-state index in [0.717, 1.165) is 31.7 Å². The second-order valence-corrected chi connectivity index (χ2v) is 5.14. The fourth-order valence-corrected chi connectivity index (χ4v) is 2.73. The number of amides is 1. The minimum absolute atomic E-state index is 0. The number of nitrogens with zero attached hydrogens (tertiary/aromatic N) is 1. The monoisotopic (exact) mass is 296 g/mol. The summed E-state index contributed by atoms with van der Waals surface area (Å²) in [6, 6.07) is 8.19. The van der Waals surface area contributed by atoms with Crippen LogP contribution in [-0.2, 0) is 0 Å². The molecule has 0 aliphatic carbocycles. The molecule has 1 atom stereocenters. The number of nitrogens with one attached hydrogen (secondary N) is 1. The summed E-state index contributed by atoms with van der Waals surface area (Å²) in [4.78, 5) is 14.1. The van der Waals surface area contributed by atoms with Crippen LogP contribution in [0.4, 0.5) is 0 Å². The number of carbonyl (C=O) groups is 1. The zero-order valence-electron chi connectivity index (χ0n) is 12.4. The smallest absolute Gasteiger partial charge is 0.253 e. The quantitative estimate of drug-likeness (QED) is 0.926. The lowest BCUT2D eigenvalue weighted by molar-refractivity contribution is 0.0773. The van der Waals surface area contributed by atoms with E-state index >= 15 is 0 Å². The summed E-state index contributed by atoms with van der Waals surface area (Å²) in [5, 5.41) is 3.43. The Labute approximate surface area is 128 Å². The molecule has 20 heavy (non-hydrogen) atoms. The summed E-state index contributed by atoms with van der Waals surface area (Å²) >= 11 is 0. The molecule has 0 saturated carbocycles. The molecule has 1 amide bonds. The van der Waals surface area contributed by atoms with Crippen molar-refractivity contribution in [3.8, 4) is 0 Å². The van der Waals surface area contributed by atoms with Crippen molar-refractivity contribution in [1.29, 1.82) is 0 Å². The van der Waals surface area contributed by atoms with E-state index < -0.39 is 0 Å². The summed E-state index contributed by atoms with van der Waals surface area (Å²) in [7, 11) is 0. The maximum atomic E-state index is 12.2. The fraction of sp³-hybridized carbons (Fsp3) is 0.562. The summed E-state index contributed by atoms with van der Waals surface area (Å²) in [5.74, 6) is 0.740. The maximum absolute atomic E-state index is 12.2. The molecule has 1 aliphatic heterocycles. The predicted octanol–water partition coefficient (Wildman–Crippen LogP) is 3.06. The van der Waals surface area contributed by atoms with Crippen LogP contribution in [0.15, 0.2) is 24.3 Å². The molecule has 1 unspecified atom stereocenters. The van der Waals surface area contributed by atoms with Gasteiger partial charge in [0.25, 0.3) is 5.91 Å². The van der Waals surface area contributed by atoms with E-state index in [-0.39, 0.29) is 18.3 Å². The number of halogens is 1. The molecule has 1 N–H and O–H groups in total. The minimum Gasteiger partial charge on any atom is -0.339 e. The van der Waals surface area contributed by atoms with Gasteiger partial charge in [-0.1, -0.05) is 12.1 Å². The zero-order valence-corrected chi connectivity index (χ0v) is 13.2. The molecule has 1 fully saturated rings. The van der Waals surface area contributed by atoms with Crippen molar-refractivity contribution in [2.24, 2.45) is 0 Å². The second-order valence-electron chi connectivity index (χ2n) is 5.14. The van der Waals surface area contributed by atoms with E-state index in [1.54, 1.807) is 0 Å². The van der Waals surface area contributed by atoms with Gasteiger partial charge in [0.05, 0.1) is 0 Å². The van der Waals surface area contributed by atoms with Crippen LogP contribution >= 0.6 is 12.4 Å². The third kappa shape index (κ3) is 3.97. The first kappa shape index (κ1) is 17.0. The highest BCUT2D eigenvalue weighted by molar-refractivity contribution is 5.94. The van der Waals surface area contributed by atoms with E-state index in [4.69, 9.17) is 0 Å². The Bertz CT molecular complexity index is 409. The number of hydrogen-bond acceptors (Lipinski definition) is 2. The highest BCUT2D eigenvalue weighted by atomic mass is 35.5. The van der Waals surface area contributed by atoms with E-state index in [0.29, 0.717) is 5.92 Å². The molecule has 0 radical (unpaired) electrons. The normalized spacial score (nSPS) is 18.2. The van der Waals surface area contributed by atoms with Gasteiger partial charge in [0.1, 0.15) is 0 Å². The molecule has 112 valence electrons. The van der Waals surface area contributed by atoms with Gasteiger partial charge in [-0.3, -0.25) is 4.79 Å². The Morgan fingerprint density at radius 3 is 2.40 bits per heavy atom. The fourth-order valence-electron chi connectivity index (χ4n) is 2.73. The average Bonchev–Trinajstić information content (AvgIpc) is 2.49. The lowest BCUT2D eigenvalue weighted by atomic mass is 9.91. The van der Waals surface area contributed by atoms with Crippen molar-refractivity contribution in [2.45, 2.75) is 32.6 Å². The van der Waals surface area contributed by atoms with Crippen molar-refractivity contribution < 1.29 is 4.79 Å². The van der Waals surface area contributed by atoms with Crippen molar-refractivity contribution in [3.63, 3.8) is 0 Å². The van der Waals surface area contributed by atoms with Gasteiger partial charge in [-0.15, -0.1) is 12.4 Å². The number of piperidine rings is 1. The first-order valence-corrected chi connectivity index (χ1v) is 7.36. The van der Waals surface area contributed by atoms with Crippen LogP contribution in [0.25, 0.3) is 0 Å². The Hall–Kier alpha value is -1.06. The highest BCUT2D eigenvalue weighted by Gasteiger charge is 2.16. The topological polar surface area (TPSA) is 32.3 Å². The molecule has 1 aromatic carbocycles. The van der Waals surface area contributed by atoms with Gasteiger partial charge in [-0.05, 0) is 56.8 Å². The highest BCUT2D eigenvalue weighted by Crippen LogP contribution is 2.23. The Balaban J connectivity index is 0.00000200. The van der Waals surface area contributed by atoms with E-state index in [2.05, 4.69) is 17.4 Å².